The van der Waals surface area contributed by atoms with Crippen LogP contribution in [-0.2, 0) is 11.3 Å². The van der Waals surface area contributed by atoms with Crippen LogP contribution >= 0.6 is 0 Å². The molecule has 1 aliphatic heterocycles. The molecule has 0 aliphatic carbocycles. The third-order valence-corrected chi connectivity index (χ3v) is 3.98. The monoisotopic (exact) mass is 340 g/mol. The molecular formula is C18H32N2O4+2. The molecule has 1 aliphatic rings. The summed E-state index contributed by atoms with van der Waals surface area (Å²) >= 11 is 0. The number of ether oxygens (including phenoxy) is 3. The standard InChI is InChI=1S/C18H30N2O4/c1-18(2,12-20(3)4)11-19-8-15(21)10-22-9-14-5-6-16-17(7-14)24-13-23-16/h5-7,15,19,21H,8-13H2,1-4H3/p+2/t15-/m0/s1. The lowest BCUT2D eigenvalue weighted by Crippen LogP contribution is -3.08. The van der Waals surface area contributed by atoms with Gasteiger partial charge in [-0.2, -0.15) is 0 Å². The van der Waals surface area contributed by atoms with Gasteiger partial charge in [0.05, 0.1) is 45.8 Å². The number of hydrogen-bond donors (Lipinski definition) is 3. The SMILES string of the molecule is C[NH+](C)CC(C)(C)C[NH2+]C[C@H](O)COCc1ccc2c(c1)OCO2. The van der Waals surface area contributed by atoms with Gasteiger partial charge in [-0.3, -0.25) is 0 Å². The van der Waals surface area contributed by atoms with Crippen molar-refractivity contribution in [3.63, 3.8) is 0 Å². The molecule has 0 spiro atoms. The van der Waals surface area contributed by atoms with Crippen LogP contribution in [0.5, 0.6) is 11.5 Å². The quantitative estimate of drug-likeness (QED) is 0.513. The van der Waals surface area contributed by atoms with Crippen molar-refractivity contribution in [1.82, 2.24) is 0 Å². The Hall–Kier alpha value is -1.34. The minimum Gasteiger partial charge on any atom is -0.454 e. The molecule has 2 rings (SSSR count). The highest BCUT2D eigenvalue weighted by molar-refractivity contribution is 5.44. The fourth-order valence-electron chi connectivity index (χ4n) is 3.11. The van der Waals surface area contributed by atoms with E-state index in [1.165, 1.54) is 4.90 Å². The van der Waals surface area contributed by atoms with Crippen molar-refractivity contribution in [2.45, 2.75) is 26.6 Å². The first kappa shape index (κ1) is 19.0. The van der Waals surface area contributed by atoms with Crippen LogP contribution in [0.25, 0.3) is 0 Å². The minimum atomic E-state index is -0.457. The van der Waals surface area contributed by atoms with E-state index in [4.69, 9.17) is 14.2 Å². The average molecular weight is 340 g/mol. The average Bonchev–Trinajstić information content (AvgIpc) is 2.93. The van der Waals surface area contributed by atoms with Gasteiger partial charge in [-0.25, -0.2) is 0 Å². The number of hydrogen-bond acceptors (Lipinski definition) is 4. The Morgan fingerprint density at radius 1 is 1.29 bits per heavy atom. The lowest BCUT2D eigenvalue weighted by molar-refractivity contribution is -0.868. The summed E-state index contributed by atoms with van der Waals surface area (Å²) in [5.74, 6) is 1.53. The molecule has 0 saturated carbocycles. The highest BCUT2D eigenvalue weighted by Gasteiger charge is 2.24. The number of nitrogens with one attached hydrogen (secondary N) is 1. The molecular weight excluding hydrogens is 308 g/mol. The summed E-state index contributed by atoms with van der Waals surface area (Å²) in [5.41, 5.74) is 1.27. The van der Waals surface area contributed by atoms with Crippen LogP contribution in [0.15, 0.2) is 18.2 Å². The van der Waals surface area contributed by atoms with E-state index < -0.39 is 6.10 Å². The molecule has 0 bridgehead atoms. The Morgan fingerprint density at radius 2 is 2.04 bits per heavy atom. The predicted molar refractivity (Wildman–Crippen MR) is 91.3 cm³/mol. The first-order valence-corrected chi connectivity index (χ1v) is 8.61. The van der Waals surface area contributed by atoms with Gasteiger partial charge < -0.3 is 29.5 Å². The lowest BCUT2D eigenvalue weighted by atomic mass is 9.93. The molecule has 24 heavy (non-hydrogen) atoms. The molecule has 0 fully saturated rings. The molecule has 0 unspecified atom stereocenters. The smallest absolute Gasteiger partial charge is 0.231 e. The van der Waals surface area contributed by atoms with Gasteiger partial charge in [0.25, 0.3) is 0 Å². The number of rotatable bonds is 10. The van der Waals surface area contributed by atoms with Gasteiger partial charge in [-0.15, -0.1) is 0 Å². The van der Waals surface area contributed by atoms with Gasteiger partial charge in [0.15, 0.2) is 11.5 Å². The maximum atomic E-state index is 10.1. The third-order valence-electron chi connectivity index (χ3n) is 3.98. The highest BCUT2D eigenvalue weighted by atomic mass is 16.7. The minimum absolute atomic E-state index is 0.256. The summed E-state index contributed by atoms with van der Waals surface area (Å²) < 4.78 is 16.2. The summed E-state index contributed by atoms with van der Waals surface area (Å²) in [6.45, 7) is 8.37. The second kappa shape index (κ2) is 8.67. The van der Waals surface area contributed by atoms with E-state index in [0.717, 1.165) is 30.2 Å². The van der Waals surface area contributed by atoms with Crippen molar-refractivity contribution in [2.24, 2.45) is 5.41 Å². The van der Waals surface area contributed by atoms with E-state index in [9.17, 15) is 5.11 Å². The van der Waals surface area contributed by atoms with Gasteiger partial charge in [0.1, 0.15) is 12.6 Å². The second-order valence-corrected chi connectivity index (χ2v) is 7.63. The van der Waals surface area contributed by atoms with Gasteiger partial charge in [0.2, 0.25) is 6.79 Å². The molecule has 0 amide bonds. The van der Waals surface area contributed by atoms with Crippen molar-refractivity contribution in [3.05, 3.63) is 23.8 Å². The van der Waals surface area contributed by atoms with E-state index in [2.05, 4.69) is 33.3 Å². The first-order chi connectivity index (χ1) is 11.4. The number of aliphatic hydroxyl groups is 1. The molecule has 0 aromatic heterocycles. The zero-order chi connectivity index (χ0) is 17.6. The van der Waals surface area contributed by atoms with Gasteiger partial charge in [-0.1, -0.05) is 6.07 Å². The zero-order valence-corrected chi connectivity index (χ0v) is 15.3. The molecule has 1 atom stereocenters. The predicted octanol–water partition coefficient (Wildman–Crippen LogP) is -0.973. The first-order valence-electron chi connectivity index (χ1n) is 8.61. The number of nitrogens with two attached hydrogens (primary N) is 1. The molecule has 0 saturated heterocycles. The van der Waals surface area contributed by atoms with Crippen LogP contribution in [0.1, 0.15) is 19.4 Å². The van der Waals surface area contributed by atoms with E-state index in [0.29, 0.717) is 19.8 Å². The van der Waals surface area contributed by atoms with Gasteiger partial charge in [0, 0.05) is 0 Å². The summed E-state index contributed by atoms with van der Waals surface area (Å²) in [7, 11) is 4.33. The fourth-order valence-corrected chi connectivity index (χ4v) is 3.11. The summed E-state index contributed by atoms with van der Waals surface area (Å²) in [6, 6.07) is 5.77. The number of aliphatic hydroxyl groups excluding tert-OH is 1. The van der Waals surface area contributed by atoms with Crippen molar-refractivity contribution in [1.29, 1.82) is 0 Å². The molecule has 136 valence electrons. The third kappa shape index (κ3) is 6.28. The Labute approximate surface area is 144 Å². The van der Waals surface area contributed by atoms with E-state index in [1.807, 2.05) is 18.2 Å². The molecule has 0 radical (unpaired) electrons. The zero-order valence-electron chi connectivity index (χ0n) is 15.3. The van der Waals surface area contributed by atoms with Crippen molar-refractivity contribution < 1.29 is 29.5 Å². The molecule has 1 aromatic rings. The summed E-state index contributed by atoms with van der Waals surface area (Å²) in [6.07, 6.45) is -0.457. The molecule has 1 aromatic carbocycles. The van der Waals surface area contributed by atoms with Crippen LogP contribution in [-0.4, -0.2) is 58.3 Å². The Bertz CT molecular complexity index is 520. The topological polar surface area (TPSA) is 69.0 Å². The van der Waals surface area contributed by atoms with Crippen molar-refractivity contribution in [3.8, 4) is 11.5 Å². The summed E-state index contributed by atoms with van der Waals surface area (Å²) in [4.78, 5) is 1.45. The number of benzene rings is 1. The Kier molecular flexibility index (Phi) is 6.86. The van der Waals surface area contributed by atoms with E-state index in [1.54, 1.807) is 0 Å². The molecule has 6 heteroatoms. The van der Waals surface area contributed by atoms with Crippen LogP contribution in [0.3, 0.4) is 0 Å². The number of quaternary nitrogens is 2. The van der Waals surface area contributed by atoms with Crippen LogP contribution in [0, 0.1) is 5.41 Å². The summed E-state index contributed by atoms with van der Waals surface area (Å²) in [5, 5.41) is 12.2. The maximum absolute atomic E-state index is 10.1. The Morgan fingerprint density at radius 3 is 2.79 bits per heavy atom. The molecule has 4 N–H and O–H groups in total. The number of fused-ring (bicyclic) bond motifs is 1. The molecule has 6 nitrogen and oxygen atoms in total. The van der Waals surface area contributed by atoms with Crippen LogP contribution < -0.4 is 19.7 Å². The fraction of sp³-hybridized carbons (Fsp3) is 0.667. The van der Waals surface area contributed by atoms with Crippen molar-refractivity contribution >= 4 is 0 Å². The van der Waals surface area contributed by atoms with Crippen LogP contribution in [0.2, 0.25) is 0 Å². The largest absolute Gasteiger partial charge is 0.454 e. The maximum Gasteiger partial charge on any atom is 0.231 e. The Balaban J connectivity index is 1.62. The lowest BCUT2D eigenvalue weighted by Gasteiger charge is -2.24. The normalized spacial score (nSPS) is 15.1. The highest BCUT2D eigenvalue weighted by Crippen LogP contribution is 2.32. The van der Waals surface area contributed by atoms with Crippen LogP contribution in [0.4, 0.5) is 0 Å². The van der Waals surface area contributed by atoms with Crippen molar-refractivity contribution in [2.75, 3.05) is 47.1 Å². The van der Waals surface area contributed by atoms with E-state index in [-0.39, 0.29) is 12.2 Å². The van der Waals surface area contributed by atoms with E-state index >= 15 is 0 Å². The second-order valence-electron chi connectivity index (χ2n) is 7.63. The van der Waals surface area contributed by atoms with Gasteiger partial charge >= 0.3 is 0 Å². The van der Waals surface area contributed by atoms with Gasteiger partial charge in [-0.05, 0) is 31.5 Å². The molecule has 1 heterocycles.